The number of benzene rings is 3. The molecule has 0 spiro atoms. The van der Waals surface area contributed by atoms with Crippen molar-refractivity contribution in [3.8, 4) is 5.69 Å². The first-order valence-electron chi connectivity index (χ1n) is 10.6. The zero-order valence-electron chi connectivity index (χ0n) is 18.2. The number of nitrogens with zero attached hydrogens (tertiary/aromatic N) is 4. The van der Waals surface area contributed by atoms with Crippen LogP contribution >= 0.6 is 38.5 Å². The van der Waals surface area contributed by atoms with Gasteiger partial charge in [0.2, 0.25) is 0 Å². The third kappa shape index (κ3) is 4.06. The Morgan fingerprint density at radius 1 is 1.09 bits per heavy atom. The molecule has 0 fully saturated rings. The molecule has 0 saturated carbocycles. The fourth-order valence-corrected chi connectivity index (χ4v) is 5.01. The lowest BCUT2D eigenvalue weighted by atomic mass is 10.1. The molecule has 174 valence electrons. The molecule has 1 aliphatic rings. The quantitative estimate of drug-likeness (QED) is 0.126. The summed E-state index contributed by atoms with van der Waals surface area (Å²) < 4.78 is 3.08. The fraction of sp³-hybridized carbons (Fsp3) is 0.0800. The van der Waals surface area contributed by atoms with Crippen molar-refractivity contribution in [2.24, 2.45) is 0 Å². The van der Waals surface area contributed by atoms with Crippen LogP contribution in [0.15, 0.2) is 69.9 Å². The van der Waals surface area contributed by atoms with Gasteiger partial charge in [-0.1, -0.05) is 15.9 Å². The smallest absolute Gasteiger partial charge is 0.269 e. The molecule has 2 heterocycles. The van der Waals surface area contributed by atoms with Gasteiger partial charge in [0.1, 0.15) is 5.82 Å². The number of fused-ring (bicyclic) bond motifs is 2. The summed E-state index contributed by atoms with van der Waals surface area (Å²) in [7, 11) is 0. The second-order valence-electron chi connectivity index (χ2n) is 7.81. The van der Waals surface area contributed by atoms with Crippen LogP contribution in [0.1, 0.15) is 18.3 Å². The van der Waals surface area contributed by atoms with Gasteiger partial charge in [0, 0.05) is 32.3 Å². The van der Waals surface area contributed by atoms with Crippen LogP contribution in [0, 0.1) is 13.7 Å². The number of anilines is 1. The summed E-state index contributed by atoms with van der Waals surface area (Å²) in [5.74, 6) is 0.0672. The van der Waals surface area contributed by atoms with Crippen LogP contribution in [0.25, 0.3) is 28.2 Å². The van der Waals surface area contributed by atoms with Crippen molar-refractivity contribution in [2.45, 2.75) is 6.92 Å². The number of carbonyl (C=O) groups excluding carboxylic acids is 1. The fourth-order valence-electron chi connectivity index (χ4n) is 4.16. The number of likely N-dealkylation sites (N-methyl/N-ethyl adjacent to an activating group) is 1. The maximum Gasteiger partial charge on any atom is 0.269 e. The molecule has 0 N–H and O–H groups in total. The Hall–Kier alpha value is -3.38. The number of carbonyl (C=O) groups is 1. The highest BCUT2D eigenvalue weighted by Gasteiger charge is 2.32. The molecule has 0 aliphatic carbocycles. The van der Waals surface area contributed by atoms with E-state index in [2.05, 4.69) is 38.5 Å². The van der Waals surface area contributed by atoms with E-state index in [-0.39, 0.29) is 23.0 Å². The molecule has 0 atom stereocenters. The van der Waals surface area contributed by atoms with Crippen molar-refractivity contribution in [1.29, 1.82) is 0 Å². The van der Waals surface area contributed by atoms with Crippen LogP contribution in [-0.4, -0.2) is 26.9 Å². The van der Waals surface area contributed by atoms with Crippen LogP contribution in [0.3, 0.4) is 0 Å². The average Bonchev–Trinajstić information content (AvgIpc) is 3.09. The minimum Gasteiger partial charge on any atom is -0.308 e. The lowest BCUT2D eigenvalue weighted by molar-refractivity contribution is -0.384. The van der Waals surface area contributed by atoms with Crippen molar-refractivity contribution >= 4 is 78.4 Å². The molecule has 5 rings (SSSR count). The maximum absolute atomic E-state index is 13.6. The first-order valence-corrected chi connectivity index (χ1v) is 12.5. The van der Waals surface area contributed by atoms with Crippen molar-refractivity contribution in [2.75, 3.05) is 11.4 Å². The monoisotopic (exact) mass is 642 g/mol. The summed E-state index contributed by atoms with van der Waals surface area (Å²) in [6, 6.07) is 16.7. The Bertz CT molecular complexity index is 1630. The lowest BCUT2D eigenvalue weighted by Gasteiger charge is -2.14. The summed E-state index contributed by atoms with van der Waals surface area (Å²) in [5.41, 5.74) is 2.41. The van der Waals surface area contributed by atoms with Gasteiger partial charge in [0.05, 0.1) is 32.8 Å². The van der Waals surface area contributed by atoms with Crippen molar-refractivity contribution in [3.05, 3.63) is 101 Å². The summed E-state index contributed by atoms with van der Waals surface area (Å²) >= 11 is 5.60. The third-order valence-electron chi connectivity index (χ3n) is 5.78. The summed E-state index contributed by atoms with van der Waals surface area (Å²) in [5, 5.41) is 11.5. The summed E-state index contributed by atoms with van der Waals surface area (Å²) in [4.78, 5) is 44.0. The molecule has 8 nitrogen and oxygen atoms in total. The van der Waals surface area contributed by atoms with Gasteiger partial charge in [-0.05, 0) is 84.1 Å². The predicted octanol–water partition coefficient (Wildman–Crippen LogP) is 5.57. The van der Waals surface area contributed by atoms with Gasteiger partial charge < -0.3 is 4.90 Å². The molecule has 4 aromatic rings. The molecule has 1 aliphatic heterocycles. The highest BCUT2D eigenvalue weighted by molar-refractivity contribution is 14.1. The highest BCUT2D eigenvalue weighted by atomic mass is 127. The summed E-state index contributed by atoms with van der Waals surface area (Å²) in [6.07, 6.45) is 1.61. The third-order valence-corrected chi connectivity index (χ3v) is 6.94. The number of aromatic nitrogens is 2. The topological polar surface area (TPSA) is 98.3 Å². The largest absolute Gasteiger partial charge is 0.308 e. The zero-order valence-corrected chi connectivity index (χ0v) is 22.0. The highest BCUT2D eigenvalue weighted by Crippen LogP contribution is 2.39. The number of nitro groups is 1. The average molecular weight is 643 g/mol. The molecule has 0 saturated heterocycles. The molecule has 3 aromatic carbocycles. The van der Waals surface area contributed by atoms with Crippen LogP contribution in [-0.2, 0) is 4.79 Å². The van der Waals surface area contributed by atoms with Crippen molar-refractivity contribution < 1.29 is 9.72 Å². The number of amides is 1. The zero-order chi connectivity index (χ0) is 24.9. The number of halogens is 2. The van der Waals surface area contributed by atoms with E-state index in [0.717, 1.165) is 19.3 Å². The normalized spacial score (nSPS) is 14.1. The first kappa shape index (κ1) is 23.4. The van der Waals surface area contributed by atoms with E-state index in [0.29, 0.717) is 28.7 Å². The van der Waals surface area contributed by atoms with E-state index in [4.69, 9.17) is 4.98 Å². The number of nitro benzene ring substituents is 1. The lowest BCUT2D eigenvalue weighted by Crippen LogP contribution is -2.26. The molecule has 0 bridgehead atoms. The van der Waals surface area contributed by atoms with Gasteiger partial charge in [-0.2, -0.15) is 0 Å². The van der Waals surface area contributed by atoms with E-state index in [1.807, 2.05) is 31.2 Å². The first-order chi connectivity index (χ1) is 16.8. The van der Waals surface area contributed by atoms with Gasteiger partial charge in [0.25, 0.3) is 17.2 Å². The van der Waals surface area contributed by atoms with E-state index in [1.165, 1.54) is 28.8 Å². The molecule has 0 unspecified atom stereocenters. The molecule has 0 radical (unpaired) electrons. The number of hydrogen-bond donors (Lipinski definition) is 0. The predicted molar refractivity (Wildman–Crippen MR) is 147 cm³/mol. The van der Waals surface area contributed by atoms with Gasteiger partial charge in [-0.3, -0.25) is 24.3 Å². The molecule has 1 amide bonds. The van der Waals surface area contributed by atoms with Crippen molar-refractivity contribution in [3.63, 3.8) is 0 Å². The Labute approximate surface area is 221 Å². The van der Waals surface area contributed by atoms with Crippen LogP contribution in [0.4, 0.5) is 11.4 Å². The number of hydrogen-bond acceptors (Lipinski definition) is 5. The Morgan fingerprint density at radius 3 is 2.51 bits per heavy atom. The van der Waals surface area contributed by atoms with Gasteiger partial charge in [-0.25, -0.2) is 4.98 Å². The number of rotatable bonds is 4. The SMILES string of the molecule is CCN1C(=O)/C(=C\c2nc3ccc(I)cc3c(=O)n2-c2ccc([N+](=O)[O-])cc2)c2cc(Br)ccc21. The minimum atomic E-state index is -0.498. The minimum absolute atomic E-state index is 0.0895. The van der Waals surface area contributed by atoms with E-state index < -0.39 is 4.92 Å². The molecular weight excluding hydrogens is 627 g/mol. The summed E-state index contributed by atoms with van der Waals surface area (Å²) in [6.45, 7) is 2.39. The van der Waals surface area contributed by atoms with Crippen molar-refractivity contribution in [1.82, 2.24) is 9.55 Å². The standard InChI is InChI=1S/C25H16BrIN4O4/c1-2-29-22-10-3-14(26)11-18(22)19(24(29)32)13-23-28-21-9-4-15(27)12-20(21)25(33)30(23)16-5-7-17(8-6-16)31(34)35/h3-13H,2H2,1H3/b19-13-. The Balaban J connectivity index is 1.80. The van der Waals surface area contributed by atoms with Gasteiger partial charge >= 0.3 is 0 Å². The Morgan fingerprint density at radius 2 is 1.83 bits per heavy atom. The molecule has 1 aromatic heterocycles. The maximum atomic E-state index is 13.6. The number of non-ortho nitro benzene ring substituents is 1. The van der Waals surface area contributed by atoms with E-state index in [9.17, 15) is 19.7 Å². The van der Waals surface area contributed by atoms with Crippen LogP contribution < -0.4 is 10.5 Å². The van der Waals surface area contributed by atoms with E-state index in [1.54, 1.807) is 23.1 Å². The molecule has 10 heteroatoms. The second-order valence-corrected chi connectivity index (χ2v) is 9.98. The second kappa shape index (κ2) is 9.00. The van der Waals surface area contributed by atoms with Gasteiger partial charge in [-0.15, -0.1) is 0 Å². The van der Waals surface area contributed by atoms with E-state index >= 15 is 0 Å². The van der Waals surface area contributed by atoms with Crippen LogP contribution in [0.5, 0.6) is 0 Å². The van der Waals surface area contributed by atoms with Gasteiger partial charge in [0.15, 0.2) is 0 Å². The molecule has 35 heavy (non-hydrogen) atoms. The molecular formula is C25H16BrIN4O4. The van der Waals surface area contributed by atoms with Crippen LogP contribution in [0.2, 0.25) is 0 Å². The Kier molecular flexibility index (Phi) is 6.01.